The second-order valence-electron chi connectivity index (χ2n) is 6.42. The normalized spacial score (nSPS) is 11.6. The number of hydrogen-bond acceptors (Lipinski definition) is 3. The molecule has 7 heteroatoms. The van der Waals surface area contributed by atoms with Crippen molar-refractivity contribution >= 4 is 5.69 Å². The number of anilines is 1. The Morgan fingerprint density at radius 3 is 2.48 bits per heavy atom. The Morgan fingerprint density at radius 1 is 1.15 bits per heavy atom. The number of hydrogen-bond donors (Lipinski definition) is 1. The van der Waals surface area contributed by atoms with Crippen LogP contribution in [0.4, 0.5) is 18.9 Å². The average Bonchev–Trinajstić information content (AvgIpc) is 2.61. The van der Waals surface area contributed by atoms with Crippen LogP contribution in [0.1, 0.15) is 22.3 Å². The minimum atomic E-state index is -4.72. The van der Waals surface area contributed by atoms with Crippen molar-refractivity contribution in [2.45, 2.75) is 26.6 Å². The summed E-state index contributed by atoms with van der Waals surface area (Å²) in [5, 5.41) is 0. The molecule has 2 aromatic heterocycles. The lowest BCUT2D eigenvalue weighted by Crippen LogP contribution is -2.29. The van der Waals surface area contributed by atoms with E-state index in [4.69, 9.17) is 5.73 Å². The Balaban J connectivity index is 2.26. The molecule has 0 bridgehead atoms. The summed E-state index contributed by atoms with van der Waals surface area (Å²) >= 11 is 0. The van der Waals surface area contributed by atoms with Gasteiger partial charge in [0.25, 0.3) is 5.56 Å². The van der Waals surface area contributed by atoms with E-state index < -0.39 is 23.0 Å². The first-order valence-electron chi connectivity index (χ1n) is 8.25. The van der Waals surface area contributed by atoms with Crippen LogP contribution < -0.4 is 11.3 Å². The van der Waals surface area contributed by atoms with E-state index in [9.17, 15) is 18.0 Å². The highest BCUT2D eigenvalue weighted by molar-refractivity contribution is 5.64. The Hall–Kier alpha value is -3.09. The Kier molecular flexibility index (Phi) is 4.78. The van der Waals surface area contributed by atoms with Crippen LogP contribution in [-0.4, -0.2) is 9.55 Å². The summed E-state index contributed by atoms with van der Waals surface area (Å²) in [4.78, 5) is 16.7. The molecule has 0 unspecified atom stereocenters. The van der Waals surface area contributed by atoms with Crippen LogP contribution >= 0.6 is 0 Å². The molecular weight excluding hydrogens is 355 g/mol. The zero-order chi connectivity index (χ0) is 19.8. The van der Waals surface area contributed by atoms with Crippen molar-refractivity contribution < 1.29 is 13.2 Å². The van der Waals surface area contributed by atoms with Crippen LogP contribution in [0.25, 0.3) is 11.3 Å². The van der Waals surface area contributed by atoms with Crippen molar-refractivity contribution in [3.05, 3.63) is 81.4 Å². The maximum atomic E-state index is 13.3. The number of rotatable bonds is 3. The summed E-state index contributed by atoms with van der Waals surface area (Å²) in [6, 6.07) is 9.83. The summed E-state index contributed by atoms with van der Waals surface area (Å²) in [6.45, 7) is 3.95. The molecule has 0 aliphatic heterocycles. The van der Waals surface area contributed by atoms with Crippen molar-refractivity contribution in [1.29, 1.82) is 0 Å². The van der Waals surface area contributed by atoms with Crippen molar-refractivity contribution in [2.24, 2.45) is 0 Å². The van der Waals surface area contributed by atoms with E-state index in [1.54, 1.807) is 12.1 Å². The van der Waals surface area contributed by atoms with Gasteiger partial charge in [-0.05, 0) is 43.2 Å². The number of nitrogens with two attached hydrogens (primary N) is 1. The third-order valence-electron chi connectivity index (χ3n) is 4.43. The molecule has 0 amide bonds. The van der Waals surface area contributed by atoms with Gasteiger partial charge in [0.1, 0.15) is 5.69 Å². The summed E-state index contributed by atoms with van der Waals surface area (Å²) in [7, 11) is 0. The second-order valence-corrected chi connectivity index (χ2v) is 6.42. The molecule has 0 spiro atoms. The molecule has 0 atom stereocenters. The monoisotopic (exact) mass is 373 g/mol. The summed E-state index contributed by atoms with van der Waals surface area (Å²) in [6.07, 6.45) is -1.79. The fourth-order valence-electron chi connectivity index (χ4n) is 3.00. The molecule has 140 valence electrons. The van der Waals surface area contributed by atoms with Crippen LogP contribution in [0.2, 0.25) is 0 Å². The van der Waals surface area contributed by atoms with Crippen LogP contribution in [0, 0.1) is 13.8 Å². The first-order chi connectivity index (χ1) is 12.7. The van der Waals surface area contributed by atoms with Crippen LogP contribution in [0.5, 0.6) is 0 Å². The maximum Gasteiger partial charge on any atom is 0.418 e. The topological polar surface area (TPSA) is 60.9 Å². The minimum Gasteiger partial charge on any atom is -0.394 e. The molecule has 0 aliphatic carbocycles. The second kappa shape index (κ2) is 6.90. The van der Waals surface area contributed by atoms with E-state index in [0.29, 0.717) is 5.56 Å². The molecule has 3 rings (SSSR count). The third-order valence-corrected chi connectivity index (χ3v) is 4.43. The lowest BCUT2D eigenvalue weighted by molar-refractivity contribution is -0.137. The third kappa shape index (κ3) is 3.72. The fourth-order valence-corrected chi connectivity index (χ4v) is 3.00. The molecule has 0 aliphatic rings. The molecular formula is C20H18F3N3O. The van der Waals surface area contributed by atoms with E-state index >= 15 is 0 Å². The van der Waals surface area contributed by atoms with Gasteiger partial charge < -0.3 is 10.3 Å². The van der Waals surface area contributed by atoms with Gasteiger partial charge in [0.15, 0.2) is 0 Å². The van der Waals surface area contributed by atoms with Gasteiger partial charge in [0.05, 0.1) is 17.8 Å². The number of pyridine rings is 2. The van der Waals surface area contributed by atoms with E-state index in [2.05, 4.69) is 4.98 Å². The largest absolute Gasteiger partial charge is 0.418 e. The zero-order valence-corrected chi connectivity index (χ0v) is 14.8. The molecule has 0 saturated carbocycles. The molecule has 0 fully saturated rings. The highest BCUT2D eigenvalue weighted by Crippen LogP contribution is 2.34. The average molecular weight is 373 g/mol. The molecule has 3 aromatic rings. The van der Waals surface area contributed by atoms with Gasteiger partial charge in [-0.25, -0.2) is 0 Å². The standard InChI is InChI=1S/C20H18F3N3O/c1-12-5-6-15(13(2)8-12)11-26-17(14-4-3-7-25-10-14)9-16(20(21,22)23)18(24)19(26)27/h3-10H,11,24H2,1-2H3. The molecule has 4 nitrogen and oxygen atoms in total. The van der Waals surface area contributed by atoms with Crippen LogP contribution in [0.3, 0.4) is 0 Å². The minimum absolute atomic E-state index is 0.109. The van der Waals surface area contributed by atoms with Gasteiger partial charge in [-0.3, -0.25) is 9.78 Å². The van der Waals surface area contributed by atoms with Gasteiger partial charge in [-0.2, -0.15) is 13.2 Å². The van der Waals surface area contributed by atoms with Crippen molar-refractivity contribution in [2.75, 3.05) is 5.73 Å². The summed E-state index contributed by atoms with van der Waals surface area (Å²) < 4.78 is 41.3. The van der Waals surface area contributed by atoms with Crippen LogP contribution in [-0.2, 0) is 12.7 Å². The highest BCUT2D eigenvalue weighted by atomic mass is 19.4. The SMILES string of the molecule is Cc1ccc(Cn2c(-c3cccnc3)cc(C(F)(F)F)c(N)c2=O)c(C)c1. The molecule has 0 saturated heterocycles. The van der Waals surface area contributed by atoms with E-state index in [-0.39, 0.29) is 12.2 Å². The Morgan fingerprint density at radius 2 is 1.89 bits per heavy atom. The number of nitrogen functional groups attached to an aromatic ring is 1. The van der Waals surface area contributed by atoms with Gasteiger partial charge in [-0.15, -0.1) is 0 Å². The number of aromatic nitrogens is 2. The smallest absolute Gasteiger partial charge is 0.394 e. The predicted octanol–water partition coefficient (Wildman–Crippen LogP) is 4.18. The fraction of sp³-hybridized carbons (Fsp3) is 0.200. The number of alkyl halides is 3. The van der Waals surface area contributed by atoms with E-state index in [1.165, 1.54) is 17.0 Å². The zero-order valence-electron chi connectivity index (χ0n) is 14.8. The highest BCUT2D eigenvalue weighted by Gasteiger charge is 2.35. The number of halogens is 3. The first kappa shape index (κ1) is 18.7. The van der Waals surface area contributed by atoms with Gasteiger partial charge in [0, 0.05) is 18.0 Å². The molecule has 2 heterocycles. The quantitative estimate of drug-likeness (QED) is 0.749. The number of benzene rings is 1. The molecule has 0 radical (unpaired) electrons. The van der Waals surface area contributed by atoms with E-state index in [0.717, 1.165) is 22.8 Å². The number of aryl methyl sites for hydroxylation is 2. The first-order valence-corrected chi connectivity index (χ1v) is 8.25. The van der Waals surface area contributed by atoms with Gasteiger partial charge in [-0.1, -0.05) is 23.8 Å². The number of nitrogens with zero attached hydrogens (tertiary/aromatic N) is 2. The van der Waals surface area contributed by atoms with Crippen molar-refractivity contribution in [3.63, 3.8) is 0 Å². The Labute approximate surface area is 154 Å². The lowest BCUT2D eigenvalue weighted by atomic mass is 10.0. The molecule has 27 heavy (non-hydrogen) atoms. The Bertz CT molecular complexity index is 1040. The molecule has 1 aromatic carbocycles. The van der Waals surface area contributed by atoms with Gasteiger partial charge in [0.2, 0.25) is 0 Å². The van der Waals surface area contributed by atoms with E-state index in [1.807, 2.05) is 32.0 Å². The molecule has 2 N–H and O–H groups in total. The summed E-state index contributed by atoms with van der Waals surface area (Å²) in [5.74, 6) is 0. The van der Waals surface area contributed by atoms with Gasteiger partial charge >= 0.3 is 6.18 Å². The predicted molar refractivity (Wildman–Crippen MR) is 98.4 cm³/mol. The maximum absolute atomic E-state index is 13.3. The van der Waals surface area contributed by atoms with Crippen molar-refractivity contribution in [1.82, 2.24) is 9.55 Å². The lowest BCUT2D eigenvalue weighted by Gasteiger charge is -2.19. The van der Waals surface area contributed by atoms with Crippen molar-refractivity contribution in [3.8, 4) is 11.3 Å². The summed E-state index contributed by atoms with van der Waals surface area (Å²) in [5.41, 5.74) is 6.10. The van der Waals surface area contributed by atoms with Crippen LogP contribution in [0.15, 0.2) is 53.6 Å².